The first kappa shape index (κ1) is 16.7. The van der Waals surface area contributed by atoms with Gasteiger partial charge in [-0.3, -0.25) is 0 Å². The molecule has 0 N–H and O–H groups in total. The van der Waals surface area contributed by atoms with E-state index in [1.807, 2.05) is 56.3 Å². The lowest BCUT2D eigenvalue weighted by atomic mass is 10.1. The second-order valence-corrected chi connectivity index (χ2v) is 4.23. The van der Waals surface area contributed by atoms with Crippen molar-refractivity contribution in [2.45, 2.75) is 19.6 Å². The van der Waals surface area contributed by atoms with E-state index >= 15 is 0 Å². The Labute approximate surface area is 115 Å². The van der Waals surface area contributed by atoms with Gasteiger partial charge in [0.15, 0.2) is 0 Å². The zero-order valence-corrected chi connectivity index (χ0v) is 11.9. The van der Waals surface area contributed by atoms with Crippen LogP contribution in [0.5, 0.6) is 0 Å². The molecule has 1 atom stereocenters. The Morgan fingerprint density at radius 1 is 1.33 bits per heavy atom. The van der Waals surface area contributed by atoms with E-state index in [1.54, 1.807) is 0 Å². The minimum atomic E-state index is -0.338. The van der Waals surface area contributed by atoms with Crippen LogP contribution in [0.2, 0.25) is 0 Å². The lowest BCUT2D eigenvalue weighted by Gasteiger charge is -2.20. The summed E-state index contributed by atoms with van der Waals surface area (Å²) in [4.78, 5) is 13.6. The molecule has 0 aliphatic rings. The summed E-state index contributed by atoms with van der Waals surface area (Å²) in [6.45, 7) is 5.99. The molecule has 0 bridgehead atoms. The fraction of sp³-hybridized carbons (Fsp3) is 0.357. The first-order valence-corrected chi connectivity index (χ1v) is 5.58. The first-order valence-electron chi connectivity index (χ1n) is 5.58. The standard InChI is InChI=1S/C14H19NO2.ClH/c1-11(12(2)15(3)4)14(16)17-10-13-8-6-5-7-9-13;/h5-9,12H,1,10H2,2-4H3;1H. The predicted octanol–water partition coefficient (Wildman–Crippen LogP) is 2.66. The molecular weight excluding hydrogens is 250 g/mol. The summed E-state index contributed by atoms with van der Waals surface area (Å²) in [6.07, 6.45) is 0. The largest absolute Gasteiger partial charge is 0.457 e. The Morgan fingerprint density at radius 2 is 1.89 bits per heavy atom. The maximum atomic E-state index is 11.7. The molecule has 0 aromatic heterocycles. The Kier molecular flexibility index (Phi) is 7.32. The zero-order valence-electron chi connectivity index (χ0n) is 11.1. The van der Waals surface area contributed by atoms with E-state index in [4.69, 9.17) is 4.74 Å². The number of carbonyl (C=O) groups is 1. The molecule has 0 aliphatic heterocycles. The molecule has 0 spiro atoms. The van der Waals surface area contributed by atoms with E-state index in [0.29, 0.717) is 12.2 Å². The van der Waals surface area contributed by atoms with Crippen molar-refractivity contribution in [2.75, 3.05) is 14.1 Å². The van der Waals surface area contributed by atoms with Gasteiger partial charge < -0.3 is 9.64 Å². The molecule has 0 heterocycles. The third kappa shape index (κ3) is 4.90. The van der Waals surface area contributed by atoms with Crippen LogP contribution in [0.4, 0.5) is 0 Å². The average Bonchev–Trinajstić information content (AvgIpc) is 2.35. The number of hydrogen-bond acceptors (Lipinski definition) is 3. The van der Waals surface area contributed by atoms with Crippen molar-refractivity contribution in [1.82, 2.24) is 4.90 Å². The van der Waals surface area contributed by atoms with E-state index in [1.165, 1.54) is 0 Å². The number of carbonyl (C=O) groups excluding carboxylic acids is 1. The molecule has 1 unspecified atom stereocenters. The normalized spacial score (nSPS) is 11.6. The summed E-state index contributed by atoms with van der Waals surface area (Å²) in [5.41, 5.74) is 1.46. The Balaban J connectivity index is 0.00000289. The van der Waals surface area contributed by atoms with Crippen molar-refractivity contribution >= 4 is 18.4 Å². The highest BCUT2D eigenvalue weighted by atomic mass is 35.5. The van der Waals surface area contributed by atoms with Crippen LogP contribution in [-0.4, -0.2) is 31.0 Å². The molecule has 0 saturated carbocycles. The fourth-order valence-corrected chi connectivity index (χ4v) is 1.30. The zero-order chi connectivity index (χ0) is 12.8. The highest BCUT2D eigenvalue weighted by Crippen LogP contribution is 2.09. The highest BCUT2D eigenvalue weighted by molar-refractivity contribution is 5.88. The lowest BCUT2D eigenvalue weighted by Crippen LogP contribution is -2.30. The monoisotopic (exact) mass is 269 g/mol. The minimum absolute atomic E-state index is 0. The Bertz CT molecular complexity index is 390. The maximum absolute atomic E-state index is 11.7. The molecule has 4 heteroatoms. The van der Waals surface area contributed by atoms with Gasteiger partial charge in [-0.1, -0.05) is 36.9 Å². The van der Waals surface area contributed by atoms with Gasteiger partial charge in [-0.2, -0.15) is 0 Å². The molecule has 0 amide bonds. The van der Waals surface area contributed by atoms with E-state index in [9.17, 15) is 4.79 Å². The quantitative estimate of drug-likeness (QED) is 0.608. The SMILES string of the molecule is C=C(C(=O)OCc1ccccc1)C(C)N(C)C.Cl. The van der Waals surface area contributed by atoms with Crippen molar-refractivity contribution < 1.29 is 9.53 Å². The van der Waals surface area contributed by atoms with Crippen molar-refractivity contribution in [3.8, 4) is 0 Å². The smallest absolute Gasteiger partial charge is 0.335 e. The summed E-state index contributed by atoms with van der Waals surface area (Å²) in [6, 6.07) is 9.59. The summed E-state index contributed by atoms with van der Waals surface area (Å²) in [7, 11) is 3.81. The summed E-state index contributed by atoms with van der Waals surface area (Å²) < 4.78 is 5.20. The molecule has 1 aromatic rings. The maximum Gasteiger partial charge on any atom is 0.335 e. The molecule has 18 heavy (non-hydrogen) atoms. The number of nitrogens with zero attached hydrogens (tertiary/aromatic N) is 1. The van der Waals surface area contributed by atoms with Crippen LogP contribution in [-0.2, 0) is 16.1 Å². The molecule has 0 radical (unpaired) electrons. The van der Waals surface area contributed by atoms with Crippen LogP contribution in [0.15, 0.2) is 42.5 Å². The second kappa shape index (κ2) is 7.90. The number of rotatable bonds is 5. The van der Waals surface area contributed by atoms with Crippen LogP contribution in [0.25, 0.3) is 0 Å². The topological polar surface area (TPSA) is 29.5 Å². The Morgan fingerprint density at radius 3 is 2.39 bits per heavy atom. The average molecular weight is 270 g/mol. The van der Waals surface area contributed by atoms with Gasteiger partial charge in [-0.15, -0.1) is 12.4 Å². The van der Waals surface area contributed by atoms with Crippen LogP contribution in [0.1, 0.15) is 12.5 Å². The third-order valence-corrected chi connectivity index (χ3v) is 2.75. The van der Waals surface area contributed by atoms with Gasteiger partial charge in [0.05, 0.1) is 0 Å². The van der Waals surface area contributed by atoms with Crippen LogP contribution >= 0.6 is 12.4 Å². The van der Waals surface area contributed by atoms with Gasteiger partial charge in [0.25, 0.3) is 0 Å². The summed E-state index contributed by atoms with van der Waals surface area (Å²) in [5.74, 6) is -0.338. The fourth-order valence-electron chi connectivity index (χ4n) is 1.30. The van der Waals surface area contributed by atoms with Crippen LogP contribution in [0, 0.1) is 0 Å². The Hall–Kier alpha value is -1.32. The molecule has 0 saturated heterocycles. The highest BCUT2D eigenvalue weighted by Gasteiger charge is 2.17. The van der Waals surface area contributed by atoms with Gasteiger partial charge in [0.1, 0.15) is 6.61 Å². The number of benzene rings is 1. The van der Waals surface area contributed by atoms with E-state index in [2.05, 4.69) is 6.58 Å². The van der Waals surface area contributed by atoms with Crippen molar-refractivity contribution in [3.63, 3.8) is 0 Å². The van der Waals surface area contributed by atoms with Gasteiger partial charge in [-0.05, 0) is 26.6 Å². The molecule has 0 aliphatic carbocycles. The molecule has 1 aromatic carbocycles. The van der Waals surface area contributed by atoms with Gasteiger partial charge in [-0.25, -0.2) is 4.79 Å². The first-order chi connectivity index (χ1) is 8.02. The van der Waals surface area contributed by atoms with Gasteiger partial charge >= 0.3 is 5.97 Å². The van der Waals surface area contributed by atoms with Crippen molar-refractivity contribution in [2.24, 2.45) is 0 Å². The lowest BCUT2D eigenvalue weighted by molar-refractivity contribution is -0.140. The van der Waals surface area contributed by atoms with Crippen LogP contribution in [0.3, 0.4) is 0 Å². The molecular formula is C14H20ClNO2. The minimum Gasteiger partial charge on any atom is -0.457 e. The third-order valence-electron chi connectivity index (χ3n) is 2.75. The van der Waals surface area contributed by atoms with Gasteiger partial charge in [0.2, 0.25) is 0 Å². The summed E-state index contributed by atoms with van der Waals surface area (Å²) in [5, 5.41) is 0. The number of halogens is 1. The van der Waals surface area contributed by atoms with E-state index in [-0.39, 0.29) is 24.4 Å². The predicted molar refractivity (Wildman–Crippen MR) is 75.8 cm³/mol. The number of esters is 1. The van der Waals surface area contributed by atoms with Gasteiger partial charge in [0, 0.05) is 11.6 Å². The number of ether oxygens (including phenoxy) is 1. The number of hydrogen-bond donors (Lipinski definition) is 0. The molecule has 100 valence electrons. The number of likely N-dealkylation sites (N-methyl/N-ethyl adjacent to an activating group) is 1. The van der Waals surface area contributed by atoms with Crippen LogP contribution < -0.4 is 0 Å². The van der Waals surface area contributed by atoms with Crippen molar-refractivity contribution in [3.05, 3.63) is 48.0 Å². The second-order valence-electron chi connectivity index (χ2n) is 4.23. The summed E-state index contributed by atoms with van der Waals surface area (Å²) >= 11 is 0. The van der Waals surface area contributed by atoms with E-state index in [0.717, 1.165) is 5.56 Å². The molecule has 3 nitrogen and oxygen atoms in total. The molecule has 0 fully saturated rings. The van der Waals surface area contributed by atoms with E-state index < -0.39 is 0 Å². The van der Waals surface area contributed by atoms with Crippen molar-refractivity contribution in [1.29, 1.82) is 0 Å². The molecule has 1 rings (SSSR count).